The fourth-order valence-electron chi connectivity index (χ4n) is 2.14. The van der Waals surface area contributed by atoms with Crippen LogP contribution in [0.15, 0.2) is 12.4 Å². The number of amides is 3. The van der Waals surface area contributed by atoms with E-state index >= 15 is 0 Å². The lowest BCUT2D eigenvalue weighted by Crippen LogP contribution is -2.43. The predicted octanol–water partition coefficient (Wildman–Crippen LogP) is 0.210. The van der Waals surface area contributed by atoms with Crippen molar-refractivity contribution in [2.45, 2.75) is 18.9 Å². The number of aryl methyl sites for hydroxylation is 1. The second kappa shape index (κ2) is 4.18. The normalized spacial score (nSPS) is 23.1. The molecule has 3 amide bonds. The van der Waals surface area contributed by atoms with Gasteiger partial charge in [-0.25, -0.2) is 4.79 Å². The molecule has 18 heavy (non-hydrogen) atoms. The van der Waals surface area contributed by atoms with Crippen LogP contribution >= 0.6 is 0 Å². The number of urea groups is 1. The third-order valence-electron chi connectivity index (χ3n) is 3.15. The Kier molecular flexibility index (Phi) is 2.83. The van der Waals surface area contributed by atoms with E-state index in [1.54, 1.807) is 24.1 Å². The minimum atomic E-state index is -1.04. The van der Waals surface area contributed by atoms with Crippen LogP contribution in [0.3, 0.4) is 0 Å². The second-order valence-electron chi connectivity index (χ2n) is 4.19. The molecule has 1 aliphatic rings. The molecule has 1 aliphatic heterocycles. The summed E-state index contributed by atoms with van der Waals surface area (Å²) < 4.78 is 1.59. The Morgan fingerprint density at radius 3 is 2.78 bits per heavy atom. The van der Waals surface area contributed by atoms with Gasteiger partial charge in [0.1, 0.15) is 5.54 Å². The standard InChI is InChI=1S/C12H14N4O2/c1-4-6-16-10(17)12(5-2,14-11(16)18)9-7-13-15(3)8-9/h1,7-8H,5-6H2,2-3H3,(H,14,18). The van der Waals surface area contributed by atoms with Gasteiger partial charge in [-0.3, -0.25) is 14.4 Å². The molecule has 0 bridgehead atoms. The fraction of sp³-hybridized carbons (Fsp3) is 0.417. The Labute approximate surface area is 105 Å². The van der Waals surface area contributed by atoms with Crippen LogP contribution < -0.4 is 5.32 Å². The van der Waals surface area contributed by atoms with E-state index in [1.165, 1.54) is 0 Å². The van der Waals surface area contributed by atoms with E-state index in [2.05, 4.69) is 16.3 Å². The van der Waals surface area contributed by atoms with E-state index in [-0.39, 0.29) is 12.5 Å². The van der Waals surface area contributed by atoms with Crippen LogP contribution in [-0.4, -0.2) is 33.2 Å². The number of hydrogen-bond acceptors (Lipinski definition) is 3. The first-order chi connectivity index (χ1) is 8.55. The smallest absolute Gasteiger partial charge is 0.319 e. The molecule has 1 aromatic rings. The summed E-state index contributed by atoms with van der Waals surface area (Å²) in [5, 5.41) is 6.76. The molecule has 94 valence electrons. The molecular formula is C12H14N4O2. The zero-order valence-corrected chi connectivity index (χ0v) is 10.3. The SMILES string of the molecule is C#CCN1C(=O)NC(CC)(c2cnn(C)c2)C1=O. The van der Waals surface area contributed by atoms with Gasteiger partial charge in [-0.05, 0) is 6.42 Å². The lowest BCUT2D eigenvalue weighted by molar-refractivity contribution is -0.131. The highest BCUT2D eigenvalue weighted by atomic mass is 16.2. The number of rotatable bonds is 3. The number of hydrogen-bond donors (Lipinski definition) is 1. The summed E-state index contributed by atoms with van der Waals surface area (Å²) in [6.07, 6.45) is 8.92. The number of carbonyl (C=O) groups is 2. The summed E-state index contributed by atoms with van der Waals surface area (Å²) >= 11 is 0. The summed E-state index contributed by atoms with van der Waals surface area (Å²) in [7, 11) is 1.76. The van der Waals surface area contributed by atoms with Gasteiger partial charge in [-0.1, -0.05) is 12.8 Å². The second-order valence-corrected chi connectivity index (χ2v) is 4.19. The van der Waals surface area contributed by atoms with Crippen LogP contribution in [0.4, 0.5) is 4.79 Å². The third kappa shape index (κ3) is 1.56. The highest BCUT2D eigenvalue weighted by molar-refractivity contribution is 6.07. The monoisotopic (exact) mass is 246 g/mol. The summed E-state index contributed by atoms with van der Waals surface area (Å²) in [6.45, 7) is 1.82. The Balaban J connectivity index is 2.44. The van der Waals surface area contributed by atoms with Gasteiger partial charge < -0.3 is 5.32 Å². The highest BCUT2D eigenvalue weighted by Crippen LogP contribution is 2.31. The maximum atomic E-state index is 12.4. The maximum absolute atomic E-state index is 12.4. The quantitative estimate of drug-likeness (QED) is 0.612. The van der Waals surface area contributed by atoms with Crippen molar-refractivity contribution in [2.75, 3.05) is 6.54 Å². The van der Waals surface area contributed by atoms with Crippen molar-refractivity contribution in [1.82, 2.24) is 20.0 Å². The van der Waals surface area contributed by atoms with Crippen molar-refractivity contribution in [2.24, 2.45) is 7.05 Å². The molecule has 0 saturated carbocycles. The Morgan fingerprint density at radius 1 is 1.56 bits per heavy atom. The summed E-state index contributed by atoms with van der Waals surface area (Å²) in [6, 6.07) is -0.455. The van der Waals surface area contributed by atoms with Crippen molar-refractivity contribution in [3.8, 4) is 12.3 Å². The van der Waals surface area contributed by atoms with Crippen LogP contribution in [-0.2, 0) is 17.4 Å². The van der Waals surface area contributed by atoms with Gasteiger partial charge in [0.15, 0.2) is 0 Å². The number of nitrogens with one attached hydrogen (secondary N) is 1. The average molecular weight is 246 g/mol. The molecule has 1 fully saturated rings. The van der Waals surface area contributed by atoms with Crippen molar-refractivity contribution in [1.29, 1.82) is 0 Å². The first-order valence-corrected chi connectivity index (χ1v) is 5.62. The van der Waals surface area contributed by atoms with Gasteiger partial charge in [0, 0.05) is 18.8 Å². The van der Waals surface area contributed by atoms with Crippen molar-refractivity contribution >= 4 is 11.9 Å². The average Bonchev–Trinajstić information content (AvgIpc) is 2.87. The molecule has 0 radical (unpaired) electrons. The van der Waals surface area contributed by atoms with Crippen LogP contribution in [0, 0.1) is 12.3 Å². The maximum Gasteiger partial charge on any atom is 0.326 e. The van der Waals surface area contributed by atoms with E-state index in [9.17, 15) is 9.59 Å². The molecule has 0 aliphatic carbocycles. The number of aromatic nitrogens is 2. The van der Waals surface area contributed by atoms with Crippen molar-refractivity contribution < 1.29 is 9.59 Å². The molecule has 6 heteroatoms. The zero-order valence-electron chi connectivity index (χ0n) is 10.3. The third-order valence-corrected chi connectivity index (χ3v) is 3.15. The fourth-order valence-corrected chi connectivity index (χ4v) is 2.14. The minimum absolute atomic E-state index is 0.0212. The Hall–Kier alpha value is -2.29. The molecule has 1 unspecified atom stereocenters. The lowest BCUT2D eigenvalue weighted by atomic mass is 9.89. The van der Waals surface area contributed by atoms with Gasteiger partial charge in [-0.2, -0.15) is 5.10 Å². The van der Waals surface area contributed by atoms with E-state index < -0.39 is 11.6 Å². The number of carbonyl (C=O) groups excluding carboxylic acids is 2. The van der Waals surface area contributed by atoms with E-state index in [4.69, 9.17) is 6.42 Å². The summed E-state index contributed by atoms with van der Waals surface area (Å²) in [4.78, 5) is 25.2. The van der Waals surface area contributed by atoms with Crippen molar-refractivity contribution in [3.63, 3.8) is 0 Å². The van der Waals surface area contributed by atoms with Crippen LogP contribution in [0.25, 0.3) is 0 Å². The van der Waals surface area contributed by atoms with Gasteiger partial charge in [-0.15, -0.1) is 6.42 Å². The molecule has 1 aromatic heterocycles. The molecule has 2 heterocycles. The van der Waals surface area contributed by atoms with Crippen LogP contribution in [0.5, 0.6) is 0 Å². The summed E-state index contributed by atoms with van der Waals surface area (Å²) in [5.41, 5.74) is -0.368. The molecule has 1 N–H and O–H groups in total. The molecule has 2 rings (SSSR count). The van der Waals surface area contributed by atoms with Crippen molar-refractivity contribution in [3.05, 3.63) is 18.0 Å². The van der Waals surface area contributed by atoms with Gasteiger partial charge >= 0.3 is 6.03 Å². The molecule has 0 aromatic carbocycles. The Morgan fingerprint density at radius 2 is 2.28 bits per heavy atom. The predicted molar refractivity (Wildman–Crippen MR) is 64.3 cm³/mol. The minimum Gasteiger partial charge on any atom is -0.319 e. The van der Waals surface area contributed by atoms with E-state index in [0.29, 0.717) is 12.0 Å². The zero-order chi connectivity index (χ0) is 13.3. The summed E-state index contributed by atoms with van der Waals surface area (Å²) in [5.74, 6) is 1.99. The van der Waals surface area contributed by atoms with Gasteiger partial charge in [0.25, 0.3) is 5.91 Å². The van der Waals surface area contributed by atoms with Gasteiger partial charge in [0.05, 0.1) is 12.7 Å². The number of terminal acetylenes is 1. The van der Waals surface area contributed by atoms with E-state index in [0.717, 1.165) is 4.90 Å². The highest BCUT2D eigenvalue weighted by Gasteiger charge is 2.51. The first-order valence-electron chi connectivity index (χ1n) is 5.62. The topological polar surface area (TPSA) is 67.2 Å². The lowest BCUT2D eigenvalue weighted by Gasteiger charge is -2.23. The molecule has 1 atom stereocenters. The molecular weight excluding hydrogens is 232 g/mol. The molecule has 0 spiro atoms. The number of imide groups is 1. The molecule has 6 nitrogen and oxygen atoms in total. The molecule has 1 saturated heterocycles. The number of nitrogens with zero attached hydrogens (tertiary/aromatic N) is 3. The van der Waals surface area contributed by atoms with E-state index in [1.807, 2.05) is 6.92 Å². The van der Waals surface area contributed by atoms with Crippen LogP contribution in [0.2, 0.25) is 0 Å². The largest absolute Gasteiger partial charge is 0.326 e. The Bertz CT molecular complexity index is 543. The van der Waals surface area contributed by atoms with Crippen LogP contribution in [0.1, 0.15) is 18.9 Å². The first kappa shape index (κ1) is 12.2. The van der Waals surface area contributed by atoms with Gasteiger partial charge in [0.2, 0.25) is 0 Å².